The number of pyridine rings is 2. The summed E-state index contributed by atoms with van der Waals surface area (Å²) in [6, 6.07) is 39.2. The van der Waals surface area contributed by atoms with Crippen LogP contribution < -0.4 is 5.19 Å². The van der Waals surface area contributed by atoms with Crippen LogP contribution in [0.25, 0.3) is 33.6 Å². The van der Waals surface area contributed by atoms with Crippen molar-refractivity contribution < 1.29 is 71.1 Å². The van der Waals surface area contributed by atoms with Gasteiger partial charge in [-0.3, -0.25) is 0 Å². The number of nitrogens with zero attached hydrogens (tertiary/aromatic N) is 2. The van der Waals surface area contributed by atoms with E-state index in [-0.39, 0.29) is 49.0 Å². The van der Waals surface area contributed by atoms with Crippen LogP contribution in [-0.2, 0) is 63.5 Å². The van der Waals surface area contributed by atoms with Gasteiger partial charge in [0.15, 0.2) is 0 Å². The van der Waals surface area contributed by atoms with Gasteiger partial charge in [-0.2, -0.15) is 13.2 Å². The number of alkyl halides is 3. The van der Waals surface area contributed by atoms with Crippen LogP contribution in [0.1, 0.15) is 34.8 Å². The molecule has 0 saturated carbocycles. The number of benzene rings is 3. The molecular formula is C38H48AgF3IrN2O4SSi-3. The van der Waals surface area contributed by atoms with E-state index in [0.717, 1.165) is 22.5 Å². The molecule has 13 heteroatoms. The molecule has 2 heterocycles. The molecule has 288 valence electrons. The summed E-state index contributed by atoms with van der Waals surface area (Å²) in [7, 11) is -5.18. The van der Waals surface area contributed by atoms with Crippen molar-refractivity contribution in [1.82, 2.24) is 9.97 Å². The summed E-state index contributed by atoms with van der Waals surface area (Å²) in [5, 5.41) is 9.06. The Balaban J connectivity index is -0.000000335. The molecule has 0 fully saturated rings. The number of halogens is 3. The third kappa shape index (κ3) is 20.6. The second kappa shape index (κ2) is 28.6. The van der Waals surface area contributed by atoms with Gasteiger partial charge in [0.25, 0.3) is 0 Å². The van der Waals surface area contributed by atoms with Gasteiger partial charge in [0.2, 0.25) is 0 Å². The van der Waals surface area contributed by atoms with E-state index in [2.05, 4.69) is 79.0 Å². The average molecular weight is 1010 g/mol. The Hall–Kier alpha value is -2.93. The maximum atomic E-state index is 10.6. The molecule has 1 N–H and O–H groups in total. The minimum absolute atomic E-state index is 0. The zero-order chi connectivity index (χ0) is 35.5. The summed E-state index contributed by atoms with van der Waals surface area (Å²) in [6.45, 7) is 11.2. The third-order valence-corrected chi connectivity index (χ3v) is 8.44. The van der Waals surface area contributed by atoms with Gasteiger partial charge in [0.05, 0.1) is 8.07 Å². The summed E-state index contributed by atoms with van der Waals surface area (Å²) in [5.41, 5.74) is 2.62. The maximum Gasteiger partial charge on any atom is 0.0160 e. The number of aliphatic hydroxyl groups excluding tert-OH is 1. The van der Waals surface area contributed by atoms with Crippen molar-refractivity contribution in [3.05, 3.63) is 127 Å². The Morgan fingerprint density at radius 3 is 1.59 bits per heavy atom. The second-order valence-electron chi connectivity index (χ2n) is 10.5. The van der Waals surface area contributed by atoms with Crippen molar-refractivity contribution in [3.8, 4) is 33.6 Å². The molecule has 0 amide bonds. The van der Waals surface area contributed by atoms with Gasteiger partial charge in [-0.1, -0.05) is 89.6 Å². The Morgan fingerprint density at radius 1 is 0.784 bits per heavy atom. The number of hydrogen-bond donors (Lipinski definition) is 1. The third-order valence-electron chi connectivity index (χ3n) is 6.00. The number of aromatic nitrogens is 2. The molecule has 6 nitrogen and oxygen atoms in total. The Kier molecular flexibility index (Phi) is 30.8. The second-order valence-corrected chi connectivity index (χ2v) is 16.5. The number of aryl methyl sites for hydroxylation is 1. The van der Waals surface area contributed by atoms with Gasteiger partial charge in [0, 0.05) is 55.4 Å². The van der Waals surface area contributed by atoms with Crippen LogP contribution in [0.15, 0.2) is 109 Å². The van der Waals surface area contributed by atoms with Crippen LogP contribution in [-0.4, -0.2) is 35.3 Å². The molecule has 0 atom stereocenters. The standard InChI is InChI=1S/C21H22NSi.C11H8N.C2H6O.CF3O2S.3CH4.Ag.Ir.O/c1-16-14-21(18-8-6-5-7-9-18)22-15-20(16)17-10-12-19(13-11-17)23(2,3)4;1-2-6-10(7-3-1)11-8-4-5-9-12-11;1-2-3;2-1(3,4)7(5)6;;;;;;/h5-8,10-15H,1-4H3;1-6,8-9H;3H,2H2,1H3;;3*1H4;;;/q2*-1;;-1;;;;;;. The predicted molar refractivity (Wildman–Crippen MR) is 199 cm³/mol. The first-order valence-corrected chi connectivity index (χ1v) is 19.3. The first-order valence-electron chi connectivity index (χ1n) is 14.1. The van der Waals surface area contributed by atoms with Crippen LogP contribution in [0, 0.1) is 19.1 Å². The molecule has 3 aromatic carbocycles. The van der Waals surface area contributed by atoms with Crippen LogP contribution in [0.3, 0.4) is 0 Å². The van der Waals surface area contributed by atoms with Crippen molar-refractivity contribution >= 4 is 24.0 Å². The first kappa shape index (κ1) is 54.8. The maximum absolute atomic E-state index is 10.6. The first-order chi connectivity index (χ1) is 22.3. The summed E-state index contributed by atoms with van der Waals surface area (Å²) in [5.74, 6) is 0. The topological polar surface area (TPSA) is 97.2 Å². The van der Waals surface area contributed by atoms with Crippen LogP contribution in [0.5, 0.6) is 0 Å². The molecule has 5 aromatic rings. The van der Waals surface area contributed by atoms with Crippen molar-refractivity contribution in [2.75, 3.05) is 6.61 Å². The number of rotatable bonds is 4. The van der Waals surface area contributed by atoms with E-state index in [9.17, 15) is 13.2 Å². The van der Waals surface area contributed by atoms with E-state index in [1.807, 2.05) is 72.9 Å². The van der Waals surface area contributed by atoms with E-state index in [1.54, 1.807) is 34.2 Å². The normalized spacial score (nSPS) is 9.65. The smallest absolute Gasteiger partial charge is 0.0160 e. The summed E-state index contributed by atoms with van der Waals surface area (Å²) in [4.78, 5) is 8.85. The van der Waals surface area contributed by atoms with Crippen LogP contribution in [0.2, 0.25) is 19.6 Å². The largest absolute Gasteiger partial charge is 0.305 e. The van der Waals surface area contributed by atoms with E-state index >= 15 is 0 Å². The summed E-state index contributed by atoms with van der Waals surface area (Å²) >= 11 is 1.70. The number of hydrogen-bond acceptors (Lipinski definition) is 7. The zero-order valence-corrected chi connectivity index (χ0v) is 32.5. The van der Waals surface area contributed by atoms with E-state index in [1.165, 1.54) is 21.9 Å². The van der Waals surface area contributed by atoms with Gasteiger partial charge in [-0.25, -0.2) is 0 Å². The minimum Gasteiger partial charge on any atom is -0.305 e. The Bertz CT molecular complexity index is 1630. The molecule has 0 bridgehead atoms. The van der Waals surface area contributed by atoms with Crippen molar-refractivity contribution in [3.63, 3.8) is 0 Å². The molecule has 0 aliphatic heterocycles. The Morgan fingerprint density at radius 2 is 1.24 bits per heavy atom. The van der Waals surface area contributed by atoms with Gasteiger partial charge in [0.1, 0.15) is 0 Å². The minimum atomic E-state index is -5.08. The van der Waals surface area contributed by atoms with Crippen molar-refractivity contribution in [2.24, 2.45) is 0 Å². The van der Waals surface area contributed by atoms with Gasteiger partial charge in [-0.15, -0.1) is 71.8 Å². The van der Waals surface area contributed by atoms with Crippen molar-refractivity contribution in [1.29, 1.82) is 0 Å². The number of aliphatic hydroxyl groups is 1. The molecule has 2 aromatic heterocycles. The van der Waals surface area contributed by atoms with E-state index < -0.39 is 24.3 Å². The fourth-order valence-electron chi connectivity index (χ4n) is 3.78. The molecule has 0 aliphatic rings. The average Bonchev–Trinajstić information content (AvgIpc) is 3.07. The molecule has 0 saturated heterocycles. The molecule has 51 heavy (non-hydrogen) atoms. The summed E-state index contributed by atoms with van der Waals surface area (Å²) < 4.78 is 57.5. The monoisotopic (exact) mass is 1010 g/mol. The molecule has 0 spiro atoms. The van der Waals surface area contributed by atoms with E-state index in [4.69, 9.17) is 16.8 Å². The molecular weight excluding hydrogens is 966 g/mol. The molecule has 0 aliphatic carbocycles. The van der Waals surface area contributed by atoms with Gasteiger partial charge in [-0.05, 0) is 42.4 Å². The Labute approximate surface area is 331 Å². The summed E-state index contributed by atoms with van der Waals surface area (Å²) in [6.07, 6.45) is 3.77. The fraction of sp³-hybridized carbons (Fsp3) is 0.263. The quantitative estimate of drug-likeness (QED) is 0.109. The zero-order valence-electron chi connectivity index (χ0n) is 26.8. The molecule has 0 unspecified atom stereocenters. The van der Waals surface area contributed by atoms with Gasteiger partial charge < -0.3 is 23.5 Å². The van der Waals surface area contributed by atoms with Crippen molar-refractivity contribution in [2.45, 2.75) is 61.3 Å². The predicted octanol–water partition coefficient (Wildman–Crippen LogP) is 10.2. The fourth-order valence-corrected chi connectivity index (χ4v) is 4.95. The van der Waals surface area contributed by atoms with E-state index in [0.29, 0.717) is 0 Å². The van der Waals surface area contributed by atoms with Crippen LogP contribution >= 0.6 is 0 Å². The molecule has 5 rings (SSSR count). The van der Waals surface area contributed by atoms with Crippen LogP contribution in [0.4, 0.5) is 13.2 Å². The SMILES string of the molecule is C.C.C.CCO.Cc1cc(-c2[c-]cccc2)ncc1-c1ccc([Si](C)(C)C)cc1.O=[S-](=O)C(F)(F)F.[Ir].[O]=[Ag].[c-]1ccccc1-c1ccccn1. The molecule has 1 radical (unpaired) electrons. The van der Waals surface area contributed by atoms with Gasteiger partial charge >= 0.3 is 29.8 Å².